The van der Waals surface area contributed by atoms with Crippen molar-refractivity contribution in [1.82, 2.24) is 9.97 Å². The molecule has 8 heteroatoms. The first-order chi connectivity index (χ1) is 10.9. The summed E-state index contributed by atoms with van der Waals surface area (Å²) >= 11 is 0. The van der Waals surface area contributed by atoms with E-state index in [4.69, 9.17) is 25.7 Å². The van der Waals surface area contributed by atoms with Crippen molar-refractivity contribution in [2.24, 2.45) is 5.73 Å². The van der Waals surface area contributed by atoms with Gasteiger partial charge in [-0.3, -0.25) is 4.79 Å². The van der Waals surface area contributed by atoms with E-state index in [1.165, 1.54) is 21.3 Å². The molecule has 0 aliphatic heterocycles. The molecule has 0 unspecified atom stereocenters. The van der Waals surface area contributed by atoms with Crippen LogP contribution in [0.5, 0.6) is 17.2 Å². The van der Waals surface area contributed by atoms with E-state index < -0.39 is 5.91 Å². The quantitative estimate of drug-likeness (QED) is 0.848. The summed E-state index contributed by atoms with van der Waals surface area (Å²) in [6, 6.07) is 3.32. The molecule has 122 valence electrons. The zero-order valence-corrected chi connectivity index (χ0v) is 13.3. The predicted octanol–water partition coefficient (Wildman–Crippen LogP) is 1.16. The van der Waals surface area contributed by atoms with Gasteiger partial charge in [-0.1, -0.05) is 0 Å². The standard InChI is InChI=1S/C15H18N4O4/c1-7-11(14(16)20)12(19-15(17)18-7)8-5-9(21-2)13(23-4)10(6-8)22-3/h5-6H,1-4H3,(H2,16,20)(H2,17,18,19). The highest BCUT2D eigenvalue weighted by molar-refractivity contribution is 6.00. The van der Waals surface area contributed by atoms with E-state index in [1.807, 2.05) is 0 Å². The summed E-state index contributed by atoms with van der Waals surface area (Å²) < 4.78 is 15.9. The van der Waals surface area contributed by atoms with Gasteiger partial charge in [0.1, 0.15) is 0 Å². The minimum absolute atomic E-state index is 0.0382. The van der Waals surface area contributed by atoms with Gasteiger partial charge in [-0.2, -0.15) is 0 Å². The van der Waals surface area contributed by atoms with Crippen LogP contribution < -0.4 is 25.7 Å². The van der Waals surface area contributed by atoms with Crippen molar-refractivity contribution >= 4 is 11.9 Å². The number of rotatable bonds is 5. The number of benzene rings is 1. The number of amides is 1. The van der Waals surface area contributed by atoms with Crippen molar-refractivity contribution in [3.8, 4) is 28.5 Å². The average molecular weight is 318 g/mol. The number of hydrogen-bond donors (Lipinski definition) is 2. The number of carbonyl (C=O) groups excluding carboxylic acids is 1. The Kier molecular flexibility index (Phi) is 4.54. The van der Waals surface area contributed by atoms with Gasteiger partial charge in [-0.25, -0.2) is 9.97 Å². The van der Waals surface area contributed by atoms with Gasteiger partial charge < -0.3 is 25.7 Å². The first-order valence-electron chi connectivity index (χ1n) is 6.67. The van der Waals surface area contributed by atoms with Gasteiger partial charge in [-0.15, -0.1) is 0 Å². The van der Waals surface area contributed by atoms with Crippen LogP contribution in [0.2, 0.25) is 0 Å². The number of primary amides is 1. The van der Waals surface area contributed by atoms with Crippen LogP contribution in [0.15, 0.2) is 12.1 Å². The monoisotopic (exact) mass is 318 g/mol. The molecule has 0 bridgehead atoms. The van der Waals surface area contributed by atoms with Gasteiger partial charge in [0.15, 0.2) is 11.5 Å². The fraction of sp³-hybridized carbons (Fsp3) is 0.267. The summed E-state index contributed by atoms with van der Waals surface area (Å²) in [5.41, 5.74) is 12.6. The van der Waals surface area contributed by atoms with Crippen molar-refractivity contribution in [2.45, 2.75) is 6.92 Å². The van der Waals surface area contributed by atoms with Gasteiger partial charge in [0.05, 0.1) is 38.3 Å². The number of nitrogen functional groups attached to an aromatic ring is 1. The van der Waals surface area contributed by atoms with E-state index in [0.717, 1.165) is 0 Å². The van der Waals surface area contributed by atoms with E-state index in [1.54, 1.807) is 19.1 Å². The Hall–Kier alpha value is -3.03. The number of ether oxygens (including phenoxy) is 3. The van der Waals surface area contributed by atoms with Crippen LogP contribution in [0.1, 0.15) is 16.1 Å². The molecule has 0 radical (unpaired) electrons. The maximum atomic E-state index is 11.8. The number of aryl methyl sites for hydroxylation is 1. The number of hydrogen-bond acceptors (Lipinski definition) is 7. The smallest absolute Gasteiger partial charge is 0.252 e. The predicted molar refractivity (Wildman–Crippen MR) is 84.8 cm³/mol. The Labute approximate surface area is 133 Å². The van der Waals surface area contributed by atoms with E-state index in [2.05, 4.69) is 9.97 Å². The molecule has 4 N–H and O–H groups in total. The third kappa shape index (κ3) is 2.96. The second-order valence-corrected chi connectivity index (χ2v) is 4.67. The van der Waals surface area contributed by atoms with Gasteiger partial charge in [0, 0.05) is 5.56 Å². The van der Waals surface area contributed by atoms with Crippen molar-refractivity contribution < 1.29 is 19.0 Å². The van der Waals surface area contributed by atoms with Crippen LogP contribution >= 0.6 is 0 Å². The van der Waals surface area contributed by atoms with Crippen molar-refractivity contribution in [3.05, 3.63) is 23.4 Å². The van der Waals surface area contributed by atoms with Crippen LogP contribution in [0, 0.1) is 6.92 Å². The number of carbonyl (C=O) groups is 1. The molecule has 0 atom stereocenters. The number of methoxy groups -OCH3 is 3. The summed E-state index contributed by atoms with van der Waals surface area (Å²) in [5, 5.41) is 0. The molecule has 1 amide bonds. The third-order valence-electron chi connectivity index (χ3n) is 3.29. The Bertz CT molecular complexity index is 736. The lowest BCUT2D eigenvalue weighted by molar-refractivity contribution is 0.0999. The van der Waals surface area contributed by atoms with Crippen molar-refractivity contribution in [2.75, 3.05) is 27.1 Å². The Morgan fingerprint density at radius 1 is 1.04 bits per heavy atom. The molecule has 0 spiro atoms. The highest BCUT2D eigenvalue weighted by Gasteiger charge is 2.21. The molecule has 0 saturated carbocycles. The molecule has 23 heavy (non-hydrogen) atoms. The summed E-state index contributed by atoms with van der Waals surface area (Å²) in [5.74, 6) is 0.667. The van der Waals surface area contributed by atoms with Gasteiger partial charge >= 0.3 is 0 Å². The molecule has 1 aromatic carbocycles. The van der Waals surface area contributed by atoms with Crippen molar-refractivity contribution in [1.29, 1.82) is 0 Å². The molecular weight excluding hydrogens is 300 g/mol. The van der Waals surface area contributed by atoms with E-state index in [0.29, 0.717) is 34.2 Å². The third-order valence-corrected chi connectivity index (χ3v) is 3.29. The van der Waals surface area contributed by atoms with Crippen LogP contribution in [0.25, 0.3) is 11.3 Å². The van der Waals surface area contributed by atoms with Gasteiger partial charge in [0.2, 0.25) is 11.7 Å². The normalized spacial score (nSPS) is 10.3. The summed E-state index contributed by atoms with van der Waals surface area (Å²) in [6.45, 7) is 1.64. The molecular formula is C15H18N4O4. The molecule has 8 nitrogen and oxygen atoms in total. The van der Waals surface area contributed by atoms with Gasteiger partial charge in [-0.05, 0) is 19.1 Å². The molecule has 1 aromatic heterocycles. The Balaban J connectivity index is 2.79. The van der Waals surface area contributed by atoms with E-state index in [-0.39, 0.29) is 11.5 Å². The molecule has 0 fully saturated rings. The SMILES string of the molecule is COc1cc(-c2nc(N)nc(C)c2C(N)=O)cc(OC)c1OC. The summed E-state index contributed by atoms with van der Waals surface area (Å²) in [4.78, 5) is 19.9. The Morgan fingerprint density at radius 2 is 1.61 bits per heavy atom. The largest absolute Gasteiger partial charge is 0.493 e. The minimum Gasteiger partial charge on any atom is -0.493 e. The maximum Gasteiger partial charge on any atom is 0.252 e. The zero-order chi connectivity index (χ0) is 17.1. The number of anilines is 1. The zero-order valence-electron chi connectivity index (χ0n) is 13.3. The molecule has 0 aliphatic rings. The van der Waals surface area contributed by atoms with Crippen LogP contribution in [-0.2, 0) is 0 Å². The van der Waals surface area contributed by atoms with E-state index >= 15 is 0 Å². The highest BCUT2D eigenvalue weighted by atomic mass is 16.5. The second-order valence-electron chi connectivity index (χ2n) is 4.67. The van der Waals surface area contributed by atoms with Crippen LogP contribution in [0.3, 0.4) is 0 Å². The summed E-state index contributed by atoms with van der Waals surface area (Å²) in [6.07, 6.45) is 0. The first-order valence-corrected chi connectivity index (χ1v) is 6.67. The topological polar surface area (TPSA) is 123 Å². The molecule has 2 rings (SSSR count). The lowest BCUT2D eigenvalue weighted by atomic mass is 10.0. The number of nitrogens with zero attached hydrogens (tertiary/aromatic N) is 2. The van der Waals surface area contributed by atoms with Crippen molar-refractivity contribution in [3.63, 3.8) is 0 Å². The maximum absolute atomic E-state index is 11.8. The molecule has 0 saturated heterocycles. The first kappa shape index (κ1) is 16.3. The number of aromatic nitrogens is 2. The van der Waals surface area contributed by atoms with Gasteiger partial charge in [0.25, 0.3) is 5.91 Å². The second kappa shape index (κ2) is 6.39. The average Bonchev–Trinajstić information content (AvgIpc) is 2.51. The molecule has 1 heterocycles. The summed E-state index contributed by atoms with van der Waals surface area (Å²) in [7, 11) is 4.49. The van der Waals surface area contributed by atoms with Crippen LogP contribution in [0.4, 0.5) is 5.95 Å². The molecule has 0 aliphatic carbocycles. The fourth-order valence-corrected chi connectivity index (χ4v) is 2.32. The minimum atomic E-state index is -0.647. The van der Waals surface area contributed by atoms with Crippen LogP contribution in [-0.4, -0.2) is 37.2 Å². The lowest BCUT2D eigenvalue weighted by Crippen LogP contribution is -2.17. The molecule has 2 aromatic rings. The van der Waals surface area contributed by atoms with E-state index in [9.17, 15) is 4.79 Å². The number of nitrogens with two attached hydrogens (primary N) is 2. The lowest BCUT2D eigenvalue weighted by Gasteiger charge is -2.15. The Morgan fingerprint density at radius 3 is 2.04 bits per heavy atom. The fourth-order valence-electron chi connectivity index (χ4n) is 2.32. The highest BCUT2D eigenvalue weighted by Crippen LogP contribution is 2.41.